The average molecular weight is 315 g/mol. The summed E-state index contributed by atoms with van der Waals surface area (Å²) < 4.78 is 10.5. The first-order chi connectivity index (χ1) is 11.2. The molecule has 0 N–H and O–H groups in total. The molecular weight excluding hydrogens is 294 g/mol. The van der Waals surface area contributed by atoms with Crippen molar-refractivity contribution in [3.05, 3.63) is 41.7 Å². The molecule has 0 unspecified atom stereocenters. The maximum Gasteiger partial charge on any atom is 0.226 e. The molecule has 2 fully saturated rings. The summed E-state index contributed by atoms with van der Waals surface area (Å²) in [6, 6.07) is 5.82. The van der Waals surface area contributed by atoms with E-state index in [0.717, 1.165) is 56.4 Å². The van der Waals surface area contributed by atoms with Gasteiger partial charge >= 0.3 is 0 Å². The van der Waals surface area contributed by atoms with Crippen molar-refractivity contribution in [1.29, 1.82) is 0 Å². The third kappa shape index (κ3) is 3.03. The average Bonchev–Trinajstić information content (AvgIpc) is 2.96. The smallest absolute Gasteiger partial charge is 0.226 e. The van der Waals surface area contributed by atoms with Crippen molar-refractivity contribution < 1.29 is 13.7 Å². The van der Waals surface area contributed by atoms with E-state index < -0.39 is 0 Å². The highest BCUT2D eigenvalue weighted by molar-refractivity contribution is 5.83. The Bertz CT molecular complexity index is 671. The van der Waals surface area contributed by atoms with Gasteiger partial charge in [0, 0.05) is 50.6 Å². The molecule has 1 saturated heterocycles. The van der Waals surface area contributed by atoms with E-state index in [1.807, 2.05) is 30.0 Å². The number of carbonyl (C=O) groups is 1. The van der Waals surface area contributed by atoms with Crippen LogP contribution >= 0.6 is 0 Å². The summed E-state index contributed by atoms with van der Waals surface area (Å²) in [5.41, 5.74) is 0.961. The predicted molar refractivity (Wildman–Crippen MR) is 82.7 cm³/mol. The van der Waals surface area contributed by atoms with E-state index in [4.69, 9.17) is 8.94 Å². The Morgan fingerprint density at radius 3 is 2.83 bits per heavy atom. The summed E-state index contributed by atoms with van der Waals surface area (Å²) in [4.78, 5) is 16.9. The van der Waals surface area contributed by atoms with E-state index in [-0.39, 0.29) is 17.7 Å². The van der Waals surface area contributed by atoms with Crippen molar-refractivity contribution in [3.8, 4) is 0 Å². The van der Waals surface area contributed by atoms with Gasteiger partial charge in [0.1, 0.15) is 11.5 Å². The second-order valence-electron chi connectivity index (χ2n) is 6.49. The molecular formula is C17H21N3O3. The molecule has 0 radical (unpaired) electrons. The lowest BCUT2D eigenvalue weighted by atomic mass is 10.2. The fraction of sp³-hybridized carbons (Fsp3) is 0.529. The molecule has 2 aromatic heterocycles. The minimum atomic E-state index is 0.117. The van der Waals surface area contributed by atoms with E-state index in [0.29, 0.717) is 0 Å². The minimum absolute atomic E-state index is 0.117. The zero-order valence-electron chi connectivity index (χ0n) is 13.3. The largest absolute Gasteiger partial charge is 0.469 e. The molecule has 2 atom stereocenters. The normalized spacial score (nSPS) is 24.8. The third-order valence-electron chi connectivity index (χ3n) is 4.76. The maximum atomic E-state index is 12.6. The number of hydrogen-bond donors (Lipinski definition) is 0. The summed E-state index contributed by atoms with van der Waals surface area (Å²) in [5, 5.41) is 4.03. The molecule has 6 nitrogen and oxygen atoms in total. The van der Waals surface area contributed by atoms with Gasteiger partial charge in [0.25, 0.3) is 0 Å². The summed E-state index contributed by atoms with van der Waals surface area (Å²) >= 11 is 0. The van der Waals surface area contributed by atoms with Crippen LogP contribution < -0.4 is 0 Å². The number of hydrogen-bond acceptors (Lipinski definition) is 5. The van der Waals surface area contributed by atoms with Crippen molar-refractivity contribution >= 4 is 5.91 Å². The Hall–Kier alpha value is -2.08. The minimum Gasteiger partial charge on any atom is -0.469 e. The van der Waals surface area contributed by atoms with Gasteiger partial charge in [-0.1, -0.05) is 5.16 Å². The molecule has 3 heterocycles. The SMILES string of the molecule is Cc1cc(CN2CCN(C(=O)[C@H]3C[C@H]3c3ccco3)CC2)no1. The van der Waals surface area contributed by atoms with Crippen molar-refractivity contribution in [3.63, 3.8) is 0 Å². The van der Waals surface area contributed by atoms with Crippen LogP contribution in [0.25, 0.3) is 0 Å². The maximum absolute atomic E-state index is 12.6. The molecule has 1 aliphatic heterocycles. The lowest BCUT2D eigenvalue weighted by Crippen LogP contribution is -2.48. The number of aryl methyl sites for hydroxylation is 1. The Kier molecular flexibility index (Phi) is 3.69. The molecule has 2 aliphatic rings. The number of amides is 1. The van der Waals surface area contributed by atoms with Crippen LogP contribution in [0.1, 0.15) is 29.6 Å². The highest BCUT2D eigenvalue weighted by atomic mass is 16.5. The van der Waals surface area contributed by atoms with Crippen LogP contribution in [-0.2, 0) is 11.3 Å². The van der Waals surface area contributed by atoms with E-state index in [9.17, 15) is 4.79 Å². The lowest BCUT2D eigenvalue weighted by Gasteiger charge is -2.34. The van der Waals surface area contributed by atoms with Crippen LogP contribution in [0.2, 0.25) is 0 Å². The monoisotopic (exact) mass is 315 g/mol. The van der Waals surface area contributed by atoms with E-state index in [1.54, 1.807) is 6.26 Å². The fourth-order valence-corrected chi connectivity index (χ4v) is 3.37. The van der Waals surface area contributed by atoms with Gasteiger partial charge in [0.15, 0.2) is 0 Å². The molecule has 122 valence electrons. The van der Waals surface area contributed by atoms with Gasteiger partial charge in [-0.05, 0) is 25.5 Å². The lowest BCUT2D eigenvalue weighted by molar-refractivity contribution is -0.134. The second kappa shape index (κ2) is 5.85. The van der Waals surface area contributed by atoms with E-state index in [2.05, 4.69) is 10.1 Å². The first kappa shape index (κ1) is 14.5. The standard InChI is InChI=1S/C17H21N3O3/c1-12-9-13(18-23-12)11-19-4-6-20(7-5-19)17(21)15-10-14(15)16-3-2-8-22-16/h2-3,8-9,14-15H,4-7,10-11H2,1H3/t14-,15+/m1/s1. The molecule has 1 amide bonds. The van der Waals surface area contributed by atoms with Gasteiger partial charge in [-0.3, -0.25) is 9.69 Å². The molecule has 1 saturated carbocycles. The van der Waals surface area contributed by atoms with Crippen LogP contribution in [0.4, 0.5) is 0 Å². The highest BCUT2D eigenvalue weighted by Crippen LogP contribution is 2.48. The fourth-order valence-electron chi connectivity index (χ4n) is 3.37. The molecule has 0 bridgehead atoms. The van der Waals surface area contributed by atoms with Crippen molar-refractivity contribution in [2.75, 3.05) is 26.2 Å². The number of carbonyl (C=O) groups excluding carboxylic acids is 1. The number of rotatable bonds is 4. The highest BCUT2D eigenvalue weighted by Gasteiger charge is 2.47. The van der Waals surface area contributed by atoms with E-state index in [1.165, 1.54) is 0 Å². The number of piperazine rings is 1. The van der Waals surface area contributed by atoms with Crippen molar-refractivity contribution in [2.24, 2.45) is 5.92 Å². The molecule has 6 heteroatoms. The number of aromatic nitrogens is 1. The number of nitrogens with zero attached hydrogens (tertiary/aromatic N) is 3. The quantitative estimate of drug-likeness (QED) is 0.864. The topological polar surface area (TPSA) is 62.7 Å². The van der Waals surface area contributed by atoms with Gasteiger partial charge in [0.2, 0.25) is 5.91 Å². The molecule has 2 aromatic rings. The number of furan rings is 1. The van der Waals surface area contributed by atoms with Gasteiger partial charge in [-0.2, -0.15) is 0 Å². The molecule has 0 spiro atoms. The van der Waals surface area contributed by atoms with Crippen LogP contribution in [-0.4, -0.2) is 47.0 Å². The van der Waals surface area contributed by atoms with Gasteiger partial charge in [0.05, 0.1) is 12.0 Å². The Balaban J connectivity index is 1.27. The zero-order valence-corrected chi connectivity index (χ0v) is 13.3. The van der Waals surface area contributed by atoms with Crippen LogP contribution in [0, 0.1) is 12.8 Å². The molecule has 23 heavy (non-hydrogen) atoms. The zero-order chi connectivity index (χ0) is 15.8. The van der Waals surface area contributed by atoms with Gasteiger partial charge in [-0.25, -0.2) is 0 Å². The Labute approximate surface area is 135 Å². The summed E-state index contributed by atoms with van der Waals surface area (Å²) in [5.74, 6) is 2.47. The van der Waals surface area contributed by atoms with E-state index >= 15 is 0 Å². The Morgan fingerprint density at radius 1 is 1.35 bits per heavy atom. The van der Waals surface area contributed by atoms with Gasteiger partial charge in [-0.15, -0.1) is 0 Å². The molecule has 1 aliphatic carbocycles. The van der Waals surface area contributed by atoms with Crippen LogP contribution in [0.15, 0.2) is 33.4 Å². The molecule has 0 aromatic carbocycles. The molecule has 4 rings (SSSR count). The predicted octanol–water partition coefficient (Wildman–Crippen LogP) is 2.02. The summed E-state index contributed by atoms with van der Waals surface area (Å²) in [7, 11) is 0. The van der Waals surface area contributed by atoms with Crippen LogP contribution in [0.3, 0.4) is 0 Å². The first-order valence-electron chi connectivity index (χ1n) is 8.17. The van der Waals surface area contributed by atoms with Crippen molar-refractivity contribution in [1.82, 2.24) is 15.0 Å². The van der Waals surface area contributed by atoms with Crippen LogP contribution in [0.5, 0.6) is 0 Å². The summed E-state index contributed by atoms with van der Waals surface area (Å²) in [6.45, 7) is 6.04. The summed E-state index contributed by atoms with van der Waals surface area (Å²) in [6.07, 6.45) is 2.60. The second-order valence-corrected chi connectivity index (χ2v) is 6.49. The Morgan fingerprint density at radius 2 is 2.17 bits per heavy atom. The first-order valence-corrected chi connectivity index (χ1v) is 8.17. The third-order valence-corrected chi connectivity index (χ3v) is 4.76. The van der Waals surface area contributed by atoms with Crippen molar-refractivity contribution in [2.45, 2.75) is 25.8 Å². The van der Waals surface area contributed by atoms with Gasteiger partial charge < -0.3 is 13.8 Å².